The molecule has 3 nitrogen and oxygen atoms in total. The van der Waals surface area contributed by atoms with Crippen LogP contribution in [0.2, 0.25) is 5.02 Å². The Kier molecular flexibility index (Phi) is 2.01. The molecule has 2 aromatic heterocycles. The standard InChI is InChI=1S/C12H9ClN2O/c1-16-12-5-10-8(4-9(12)13)7-2-3-14-6-11(7)15-10/h2-6,15H,1H3. The second kappa shape index (κ2) is 3.39. The van der Waals surface area contributed by atoms with Crippen LogP contribution in [0.25, 0.3) is 21.8 Å². The van der Waals surface area contributed by atoms with Gasteiger partial charge in [-0.15, -0.1) is 0 Å². The SMILES string of the molecule is COc1cc2[nH]c3cnccc3c2cc1Cl. The number of nitrogens with zero attached hydrogens (tertiary/aromatic N) is 1. The minimum absolute atomic E-state index is 0.618. The summed E-state index contributed by atoms with van der Waals surface area (Å²) in [5.74, 6) is 0.675. The maximum Gasteiger partial charge on any atom is 0.139 e. The van der Waals surface area contributed by atoms with Crippen molar-refractivity contribution in [1.29, 1.82) is 0 Å². The maximum absolute atomic E-state index is 6.11. The molecule has 0 spiro atoms. The van der Waals surface area contributed by atoms with Crippen LogP contribution in [0.4, 0.5) is 0 Å². The van der Waals surface area contributed by atoms with E-state index in [1.165, 1.54) is 0 Å². The quantitative estimate of drug-likeness (QED) is 0.699. The van der Waals surface area contributed by atoms with E-state index in [1.54, 1.807) is 19.5 Å². The van der Waals surface area contributed by atoms with Crippen molar-refractivity contribution in [3.8, 4) is 5.75 Å². The average molecular weight is 233 g/mol. The fourth-order valence-electron chi connectivity index (χ4n) is 1.91. The lowest BCUT2D eigenvalue weighted by molar-refractivity contribution is 0.415. The normalized spacial score (nSPS) is 11.1. The molecule has 0 aliphatic rings. The molecule has 3 rings (SSSR count). The Bertz CT molecular complexity index is 675. The molecule has 0 unspecified atom stereocenters. The molecule has 1 N–H and O–H groups in total. The van der Waals surface area contributed by atoms with Gasteiger partial charge in [-0.05, 0) is 12.1 Å². The number of hydrogen-bond donors (Lipinski definition) is 1. The number of H-pyrrole nitrogens is 1. The molecule has 0 fully saturated rings. The molecule has 4 heteroatoms. The van der Waals surface area contributed by atoms with Gasteiger partial charge in [-0.25, -0.2) is 0 Å². The van der Waals surface area contributed by atoms with E-state index in [0.717, 1.165) is 21.8 Å². The van der Waals surface area contributed by atoms with E-state index in [0.29, 0.717) is 10.8 Å². The molecule has 3 aromatic rings. The molecule has 0 amide bonds. The Hall–Kier alpha value is -1.74. The van der Waals surface area contributed by atoms with Crippen molar-refractivity contribution >= 4 is 33.4 Å². The van der Waals surface area contributed by atoms with Gasteiger partial charge in [0, 0.05) is 23.0 Å². The smallest absolute Gasteiger partial charge is 0.139 e. The lowest BCUT2D eigenvalue weighted by atomic mass is 10.2. The number of ether oxygens (including phenoxy) is 1. The summed E-state index contributed by atoms with van der Waals surface area (Å²) in [6.07, 6.45) is 3.57. The van der Waals surface area contributed by atoms with Gasteiger partial charge in [0.15, 0.2) is 0 Å². The Morgan fingerprint density at radius 1 is 1.25 bits per heavy atom. The topological polar surface area (TPSA) is 37.9 Å². The van der Waals surface area contributed by atoms with E-state index in [2.05, 4.69) is 9.97 Å². The summed E-state index contributed by atoms with van der Waals surface area (Å²) in [4.78, 5) is 7.36. The predicted octanol–water partition coefficient (Wildman–Crippen LogP) is 3.38. The van der Waals surface area contributed by atoms with Crippen molar-refractivity contribution in [3.63, 3.8) is 0 Å². The first-order chi connectivity index (χ1) is 7.79. The van der Waals surface area contributed by atoms with Crippen molar-refractivity contribution < 1.29 is 4.74 Å². The summed E-state index contributed by atoms with van der Waals surface area (Å²) in [5, 5.41) is 2.82. The van der Waals surface area contributed by atoms with Crippen molar-refractivity contribution in [3.05, 3.63) is 35.6 Å². The van der Waals surface area contributed by atoms with E-state index >= 15 is 0 Å². The van der Waals surface area contributed by atoms with Crippen molar-refractivity contribution in [2.24, 2.45) is 0 Å². The molecule has 80 valence electrons. The highest BCUT2D eigenvalue weighted by Crippen LogP contribution is 2.33. The second-order valence-corrected chi connectivity index (χ2v) is 3.99. The van der Waals surface area contributed by atoms with Crippen LogP contribution < -0.4 is 4.74 Å². The van der Waals surface area contributed by atoms with Crippen LogP contribution in [-0.2, 0) is 0 Å². The van der Waals surface area contributed by atoms with E-state index in [1.807, 2.05) is 18.2 Å². The third kappa shape index (κ3) is 1.25. The van der Waals surface area contributed by atoms with Crippen LogP contribution in [0.5, 0.6) is 5.75 Å². The van der Waals surface area contributed by atoms with Gasteiger partial charge >= 0.3 is 0 Å². The minimum Gasteiger partial charge on any atom is -0.495 e. The maximum atomic E-state index is 6.11. The number of halogens is 1. The summed E-state index contributed by atoms with van der Waals surface area (Å²) < 4.78 is 5.18. The molecular weight excluding hydrogens is 224 g/mol. The molecule has 16 heavy (non-hydrogen) atoms. The second-order valence-electron chi connectivity index (χ2n) is 3.58. The third-order valence-corrected chi connectivity index (χ3v) is 2.97. The predicted molar refractivity (Wildman–Crippen MR) is 65.2 cm³/mol. The van der Waals surface area contributed by atoms with Crippen LogP contribution in [0.1, 0.15) is 0 Å². The van der Waals surface area contributed by atoms with Gasteiger partial charge < -0.3 is 9.72 Å². The van der Waals surface area contributed by atoms with Gasteiger partial charge in [0.2, 0.25) is 0 Å². The zero-order chi connectivity index (χ0) is 11.1. The van der Waals surface area contributed by atoms with Crippen molar-refractivity contribution in [2.75, 3.05) is 7.11 Å². The summed E-state index contributed by atoms with van der Waals surface area (Å²) in [5.41, 5.74) is 2.01. The monoisotopic (exact) mass is 232 g/mol. The fourth-order valence-corrected chi connectivity index (χ4v) is 2.15. The third-order valence-electron chi connectivity index (χ3n) is 2.67. The Morgan fingerprint density at radius 2 is 2.12 bits per heavy atom. The van der Waals surface area contributed by atoms with Gasteiger partial charge in [-0.1, -0.05) is 11.6 Å². The van der Waals surface area contributed by atoms with Crippen molar-refractivity contribution in [1.82, 2.24) is 9.97 Å². The number of nitrogens with one attached hydrogen (secondary N) is 1. The molecule has 0 saturated heterocycles. The van der Waals surface area contributed by atoms with E-state index in [4.69, 9.17) is 16.3 Å². The summed E-state index contributed by atoms with van der Waals surface area (Å²) >= 11 is 6.11. The number of hydrogen-bond acceptors (Lipinski definition) is 2. The van der Waals surface area contributed by atoms with Gasteiger partial charge in [-0.3, -0.25) is 4.98 Å². The number of aromatic nitrogens is 2. The van der Waals surface area contributed by atoms with E-state index < -0.39 is 0 Å². The summed E-state index contributed by atoms with van der Waals surface area (Å²) in [6.45, 7) is 0. The van der Waals surface area contributed by atoms with Gasteiger partial charge in [0.05, 0.1) is 29.4 Å². The highest BCUT2D eigenvalue weighted by atomic mass is 35.5. The van der Waals surface area contributed by atoms with Gasteiger partial charge in [0.1, 0.15) is 5.75 Å². The number of aromatic amines is 1. The number of methoxy groups -OCH3 is 1. The largest absolute Gasteiger partial charge is 0.495 e. The summed E-state index contributed by atoms with van der Waals surface area (Å²) in [6, 6.07) is 5.78. The van der Waals surface area contributed by atoms with E-state index in [9.17, 15) is 0 Å². The van der Waals surface area contributed by atoms with Crippen LogP contribution >= 0.6 is 11.6 Å². The zero-order valence-electron chi connectivity index (χ0n) is 8.62. The average Bonchev–Trinajstić information content (AvgIpc) is 2.66. The van der Waals surface area contributed by atoms with Crippen LogP contribution in [0.15, 0.2) is 30.6 Å². The molecule has 0 radical (unpaired) electrons. The Morgan fingerprint density at radius 3 is 2.94 bits per heavy atom. The number of benzene rings is 1. The lowest BCUT2D eigenvalue weighted by Crippen LogP contribution is -1.83. The molecular formula is C12H9ClN2O. The highest BCUT2D eigenvalue weighted by molar-refractivity contribution is 6.33. The molecule has 1 aromatic carbocycles. The molecule has 0 saturated carbocycles. The number of fused-ring (bicyclic) bond motifs is 3. The van der Waals surface area contributed by atoms with Gasteiger partial charge in [-0.2, -0.15) is 0 Å². The highest BCUT2D eigenvalue weighted by Gasteiger charge is 2.08. The fraction of sp³-hybridized carbons (Fsp3) is 0.0833. The molecule has 2 heterocycles. The van der Waals surface area contributed by atoms with Crippen LogP contribution in [-0.4, -0.2) is 17.1 Å². The van der Waals surface area contributed by atoms with E-state index in [-0.39, 0.29) is 0 Å². The summed E-state index contributed by atoms with van der Waals surface area (Å²) in [7, 11) is 1.61. The molecule has 0 aliphatic carbocycles. The van der Waals surface area contributed by atoms with Gasteiger partial charge in [0.25, 0.3) is 0 Å². The lowest BCUT2D eigenvalue weighted by Gasteiger charge is -2.02. The number of rotatable bonds is 1. The Labute approximate surface area is 97.0 Å². The zero-order valence-corrected chi connectivity index (χ0v) is 9.38. The van der Waals surface area contributed by atoms with Crippen LogP contribution in [0.3, 0.4) is 0 Å². The first-order valence-corrected chi connectivity index (χ1v) is 5.26. The van der Waals surface area contributed by atoms with Crippen molar-refractivity contribution in [2.45, 2.75) is 0 Å². The first kappa shape index (κ1) is 9.48. The minimum atomic E-state index is 0.618. The molecule has 0 aliphatic heterocycles. The molecule has 0 bridgehead atoms. The van der Waals surface area contributed by atoms with Crippen LogP contribution in [0, 0.1) is 0 Å². The first-order valence-electron chi connectivity index (χ1n) is 4.88. The number of pyridine rings is 1. The molecule has 0 atom stereocenters. The Balaban J connectivity index is 2.46.